The first-order chi connectivity index (χ1) is 11.2. The number of hydrogen-bond acceptors (Lipinski definition) is 1. The summed E-state index contributed by atoms with van der Waals surface area (Å²) < 4.78 is 14.3. The van der Waals surface area contributed by atoms with E-state index in [9.17, 15) is 14.3 Å². The van der Waals surface area contributed by atoms with E-state index < -0.39 is 5.97 Å². The standard InChI is InChI=1S/C19H16FNO2/c20-15-7-3-1-5-11(15)12-9-10-14(19(22)23)18-17(12)13-6-2-4-8-16(13)21-18/h1,3,5,7,9-10,21H,2,4,6,8H2,(H,22,23). The summed E-state index contributed by atoms with van der Waals surface area (Å²) in [4.78, 5) is 14.8. The molecule has 0 saturated heterocycles. The van der Waals surface area contributed by atoms with Crippen LogP contribution in [0.15, 0.2) is 36.4 Å². The summed E-state index contributed by atoms with van der Waals surface area (Å²) in [6.07, 6.45) is 3.99. The highest BCUT2D eigenvalue weighted by Crippen LogP contribution is 2.38. The minimum absolute atomic E-state index is 0.245. The number of H-pyrrole nitrogens is 1. The predicted octanol–water partition coefficient (Wildman–Crippen LogP) is 4.55. The van der Waals surface area contributed by atoms with Crippen molar-refractivity contribution in [3.8, 4) is 11.1 Å². The summed E-state index contributed by atoms with van der Waals surface area (Å²) in [5.41, 5.74) is 4.38. The molecule has 2 N–H and O–H groups in total. The molecule has 2 aromatic carbocycles. The SMILES string of the molecule is O=C(O)c1ccc(-c2ccccc2F)c2c3c([nH]c12)CCCC3. The largest absolute Gasteiger partial charge is 0.478 e. The molecule has 4 heteroatoms. The van der Waals surface area contributed by atoms with E-state index in [1.807, 2.05) is 0 Å². The minimum atomic E-state index is -0.964. The first-order valence-electron chi connectivity index (χ1n) is 7.81. The molecule has 3 aromatic rings. The molecule has 0 fully saturated rings. The summed E-state index contributed by atoms with van der Waals surface area (Å²) in [7, 11) is 0. The van der Waals surface area contributed by atoms with Crippen molar-refractivity contribution in [3.63, 3.8) is 0 Å². The van der Waals surface area contributed by atoms with Crippen LogP contribution >= 0.6 is 0 Å². The summed E-state index contributed by atoms with van der Waals surface area (Å²) in [5, 5.41) is 10.3. The van der Waals surface area contributed by atoms with Gasteiger partial charge in [0.15, 0.2) is 0 Å². The number of carboxylic acid groups (broad SMARTS) is 1. The van der Waals surface area contributed by atoms with Gasteiger partial charge in [-0.1, -0.05) is 24.3 Å². The van der Waals surface area contributed by atoms with E-state index in [1.54, 1.807) is 30.3 Å². The molecule has 4 rings (SSSR count). The lowest BCUT2D eigenvalue weighted by molar-refractivity contribution is 0.0699. The van der Waals surface area contributed by atoms with Gasteiger partial charge in [-0.25, -0.2) is 9.18 Å². The van der Waals surface area contributed by atoms with Crippen molar-refractivity contribution in [2.24, 2.45) is 0 Å². The quantitative estimate of drug-likeness (QED) is 0.729. The van der Waals surface area contributed by atoms with Gasteiger partial charge in [-0.15, -0.1) is 0 Å². The Morgan fingerprint density at radius 2 is 1.83 bits per heavy atom. The van der Waals surface area contributed by atoms with Crippen LogP contribution in [-0.4, -0.2) is 16.1 Å². The summed E-state index contributed by atoms with van der Waals surface area (Å²) in [6.45, 7) is 0. The number of carbonyl (C=O) groups is 1. The van der Waals surface area contributed by atoms with E-state index in [0.29, 0.717) is 11.1 Å². The third kappa shape index (κ3) is 2.13. The fourth-order valence-electron chi connectivity index (χ4n) is 3.60. The third-order valence-corrected chi connectivity index (χ3v) is 4.65. The fourth-order valence-corrected chi connectivity index (χ4v) is 3.60. The van der Waals surface area contributed by atoms with E-state index in [0.717, 1.165) is 47.9 Å². The van der Waals surface area contributed by atoms with Gasteiger partial charge >= 0.3 is 5.97 Å². The third-order valence-electron chi connectivity index (χ3n) is 4.65. The lowest BCUT2D eigenvalue weighted by atomic mass is 9.90. The van der Waals surface area contributed by atoms with E-state index in [1.165, 1.54) is 6.07 Å². The second-order valence-electron chi connectivity index (χ2n) is 5.98. The number of aryl methyl sites for hydroxylation is 2. The van der Waals surface area contributed by atoms with Crippen LogP contribution < -0.4 is 0 Å². The number of halogens is 1. The summed E-state index contributed by atoms with van der Waals surface area (Å²) in [5.74, 6) is -1.25. The van der Waals surface area contributed by atoms with Crippen molar-refractivity contribution in [1.82, 2.24) is 4.98 Å². The number of rotatable bonds is 2. The van der Waals surface area contributed by atoms with Gasteiger partial charge in [-0.2, -0.15) is 0 Å². The Bertz CT molecular complexity index is 927. The number of nitrogens with one attached hydrogen (secondary N) is 1. The Hall–Kier alpha value is -2.62. The zero-order chi connectivity index (χ0) is 16.0. The van der Waals surface area contributed by atoms with Crippen LogP contribution in [0, 0.1) is 5.82 Å². The monoisotopic (exact) mass is 309 g/mol. The minimum Gasteiger partial charge on any atom is -0.478 e. The molecule has 1 aromatic heterocycles. The maximum atomic E-state index is 14.3. The predicted molar refractivity (Wildman–Crippen MR) is 87.3 cm³/mol. The summed E-state index contributed by atoms with van der Waals surface area (Å²) in [6, 6.07) is 9.93. The Balaban J connectivity index is 2.10. The van der Waals surface area contributed by atoms with Crippen LogP contribution in [0.25, 0.3) is 22.0 Å². The second-order valence-corrected chi connectivity index (χ2v) is 5.98. The van der Waals surface area contributed by atoms with Crippen molar-refractivity contribution in [1.29, 1.82) is 0 Å². The van der Waals surface area contributed by atoms with Crippen molar-refractivity contribution in [2.75, 3.05) is 0 Å². The maximum Gasteiger partial charge on any atom is 0.337 e. The molecular formula is C19H16FNO2. The molecular weight excluding hydrogens is 293 g/mol. The molecule has 1 aliphatic carbocycles. The Kier molecular flexibility index (Phi) is 3.18. The number of carboxylic acids is 1. The van der Waals surface area contributed by atoms with Crippen molar-refractivity contribution >= 4 is 16.9 Å². The second kappa shape index (κ2) is 5.23. The number of hydrogen-bond donors (Lipinski definition) is 2. The van der Waals surface area contributed by atoms with E-state index in [2.05, 4.69) is 4.98 Å². The average Bonchev–Trinajstić information content (AvgIpc) is 2.94. The van der Waals surface area contributed by atoms with Crippen LogP contribution in [-0.2, 0) is 12.8 Å². The smallest absolute Gasteiger partial charge is 0.337 e. The molecule has 1 aliphatic rings. The first-order valence-corrected chi connectivity index (χ1v) is 7.81. The normalized spacial score (nSPS) is 14.0. The Morgan fingerprint density at radius 1 is 1.04 bits per heavy atom. The van der Waals surface area contributed by atoms with Crippen molar-refractivity contribution in [3.05, 3.63) is 59.0 Å². The molecule has 0 amide bonds. The first kappa shape index (κ1) is 14.0. The van der Waals surface area contributed by atoms with Crippen molar-refractivity contribution in [2.45, 2.75) is 25.7 Å². The van der Waals surface area contributed by atoms with Gasteiger partial charge in [-0.05, 0) is 48.9 Å². The molecule has 0 spiro atoms. The van der Waals surface area contributed by atoms with E-state index >= 15 is 0 Å². The molecule has 23 heavy (non-hydrogen) atoms. The fraction of sp³-hybridized carbons (Fsp3) is 0.211. The number of aromatic carboxylic acids is 1. The van der Waals surface area contributed by atoms with Crippen molar-refractivity contribution < 1.29 is 14.3 Å². The van der Waals surface area contributed by atoms with Gasteiger partial charge in [-0.3, -0.25) is 0 Å². The lowest BCUT2D eigenvalue weighted by Gasteiger charge is -2.13. The topological polar surface area (TPSA) is 53.1 Å². The van der Waals surface area contributed by atoms with E-state index in [4.69, 9.17) is 0 Å². The van der Waals surface area contributed by atoms with Gasteiger partial charge in [0.05, 0.1) is 11.1 Å². The van der Waals surface area contributed by atoms with Crippen LogP contribution in [0.3, 0.4) is 0 Å². The molecule has 0 saturated carbocycles. The van der Waals surface area contributed by atoms with E-state index in [-0.39, 0.29) is 11.4 Å². The molecule has 0 aliphatic heterocycles. The van der Waals surface area contributed by atoms with Crippen LogP contribution in [0.5, 0.6) is 0 Å². The highest BCUT2D eigenvalue weighted by Gasteiger charge is 2.23. The molecule has 0 radical (unpaired) electrons. The van der Waals surface area contributed by atoms with Gasteiger partial charge in [0.1, 0.15) is 5.82 Å². The number of aromatic nitrogens is 1. The van der Waals surface area contributed by atoms with Crippen LogP contribution in [0.1, 0.15) is 34.5 Å². The number of aromatic amines is 1. The zero-order valence-electron chi connectivity index (χ0n) is 12.5. The molecule has 0 unspecified atom stereocenters. The average molecular weight is 309 g/mol. The van der Waals surface area contributed by atoms with Crippen LogP contribution in [0.2, 0.25) is 0 Å². The van der Waals surface area contributed by atoms with Gasteiger partial charge < -0.3 is 10.1 Å². The lowest BCUT2D eigenvalue weighted by Crippen LogP contribution is -2.00. The number of fused-ring (bicyclic) bond motifs is 3. The zero-order valence-corrected chi connectivity index (χ0v) is 12.5. The Morgan fingerprint density at radius 3 is 2.61 bits per heavy atom. The van der Waals surface area contributed by atoms with Gasteiger partial charge in [0.25, 0.3) is 0 Å². The van der Waals surface area contributed by atoms with Crippen LogP contribution in [0.4, 0.5) is 4.39 Å². The molecule has 1 heterocycles. The Labute approximate surface area is 132 Å². The van der Waals surface area contributed by atoms with Gasteiger partial charge in [0, 0.05) is 16.6 Å². The highest BCUT2D eigenvalue weighted by molar-refractivity contribution is 6.09. The summed E-state index contributed by atoms with van der Waals surface area (Å²) >= 11 is 0. The molecule has 0 bridgehead atoms. The number of benzene rings is 2. The molecule has 0 atom stereocenters. The maximum absolute atomic E-state index is 14.3. The molecule has 3 nitrogen and oxygen atoms in total. The van der Waals surface area contributed by atoms with Gasteiger partial charge in [0.2, 0.25) is 0 Å². The highest BCUT2D eigenvalue weighted by atomic mass is 19.1. The molecule has 116 valence electrons.